The van der Waals surface area contributed by atoms with Crippen molar-refractivity contribution in [3.63, 3.8) is 0 Å². The van der Waals surface area contributed by atoms with Crippen molar-refractivity contribution < 1.29 is 24.3 Å². The number of benzene rings is 1. The van der Waals surface area contributed by atoms with Crippen molar-refractivity contribution >= 4 is 16.9 Å². The van der Waals surface area contributed by atoms with Crippen molar-refractivity contribution in [2.75, 3.05) is 7.11 Å². The summed E-state index contributed by atoms with van der Waals surface area (Å²) in [5.74, 6) is -1.16. The third kappa shape index (κ3) is 2.03. The van der Waals surface area contributed by atoms with Crippen LogP contribution in [0.1, 0.15) is 16.2 Å². The highest BCUT2D eigenvalue weighted by Gasteiger charge is 2.23. The highest BCUT2D eigenvalue weighted by Crippen LogP contribution is 2.36. The van der Waals surface area contributed by atoms with E-state index in [1.54, 1.807) is 38.3 Å². The van der Waals surface area contributed by atoms with Crippen LogP contribution in [0.2, 0.25) is 0 Å². The molecule has 0 fully saturated rings. The van der Waals surface area contributed by atoms with Crippen molar-refractivity contribution in [1.82, 2.24) is 10.1 Å². The van der Waals surface area contributed by atoms with Gasteiger partial charge in [0.25, 0.3) is 0 Å². The average Bonchev–Trinajstić information content (AvgIpc) is 2.96. The van der Waals surface area contributed by atoms with Gasteiger partial charge in [0.1, 0.15) is 11.4 Å². The lowest BCUT2D eigenvalue weighted by Gasteiger charge is -2.04. The monoisotopic (exact) mass is 300 g/mol. The molecule has 22 heavy (non-hydrogen) atoms. The molecule has 3 aromatic rings. The van der Waals surface area contributed by atoms with E-state index in [2.05, 4.69) is 10.1 Å². The predicted octanol–water partition coefficient (Wildman–Crippen LogP) is 2.61. The van der Waals surface area contributed by atoms with Crippen LogP contribution in [0.25, 0.3) is 22.2 Å². The fourth-order valence-corrected chi connectivity index (χ4v) is 2.27. The summed E-state index contributed by atoms with van der Waals surface area (Å²) in [6, 6.07) is 7.11. The largest absolute Gasteiger partial charge is 0.502 e. The molecule has 3 rings (SSSR count). The van der Waals surface area contributed by atoms with Gasteiger partial charge in [-0.3, -0.25) is 0 Å². The van der Waals surface area contributed by atoms with Gasteiger partial charge in [-0.25, -0.2) is 9.78 Å². The first-order valence-electron chi connectivity index (χ1n) is 6.39. The number of carboxylic acid groups (broad SMARTS) is 1. The van der Waals surface area contributed by atoms with Crippen molar-refractivity contribution in [3.8, 4) is 22.8 Å². The number of methoxy groups -OCH3 is 1. The van der Waals surface area contributed by atoms with E-state index >= 15 is 0 Å². The number of aryl methyl sites for hydroxylation is 1. The summed E-state index contributed by atoms with van der Waals surface area (Å²) in [5, 5.41) is 23.4. The number of aromatic nitrogens is 2. The van der Waals surface area contributed by atoms with E-state index in [-0.39, 0.29) is 5.58 Å². The maximum Gasteiger partial charge on any atom is 0.358 e. The van der Waals surface area contributed by atoms with Crippen molar-refractivity contribution in [3.05, 3.63) is 35.7 Å². The molecule has 2 aromatic heterocycles. The first-order valence-corrected chi connectivity index (χ1v) is 6.39. The summed E-state index contributed by atoms with van der Waals surface area (Å²) in [6.45, 7) is 1.64. The minimum Gasteiger partial charge on any atom is -0.502 e. The molecule has 0 bridgehead atoms. The van der Waals surface area contributed by atoms with Gasteiger partial charge in [-0.05, 0) is 31.2 Å². The van der Waals surface area contributed by atoms with Crippen molar-refractivity contribution in [1.29, 1.82) is 0 Å². The number of pyridine rings is 1. The van der Waals surface area contributed by atoms with Crippen LogP contribution in [0.3, 0.4) is 0 Å². The summed E-state index contributed by atoms with van der Waals surface area (Å²) in [7, 11) is 1.57. The minimum atomic E-state index is -1.33. The van der Waals surface area contributed by atoms with Gasteiger partial charge >= 0.3 is 5.97 Å². The highest BCUT2D eigenvalue weighted by atomic mass is 16.5. The Bertz CT molecular complexity index is 868. The summed E-state index contributed by atoms with van der Waals surface area (Å²) in [6.07, 6.45) is 0. The standard InChI is InChI=1S/C15H12N2O5/c1-7-10-11(8-3-5-9(21-2)6-4-8)17-22-14(10)13(18)12(16-7)15(19)20/h3-6,18H,1-2H3,(H,19,20). The third-order valence-corrected chi connectivity index (χ3v) is 3.34. The number of rotatable bonds is 3. The number of carbonyl (C=O) groups is 1. The number of ether oxygens (including phenoxy) is 1. The first kappa shape index (κ1) is 13.9. The molecular formula is C15H12N2O5. The lowest BCUT2D eigenvalue weighted by molar-refractivity contribution is 0.0686. The van der Waals surface area contributed by atoms with E-state index in [1.165, 1.54) is 0 Å². The second kappa shape index (κ2) is 5.03. The van der Waals surface area contributed by atoms with Gasteiger partial charge < -0.3 is 19.5 Å². The number of carboxylic acids is 1. The SMILES string of the molecule is COc1ccc(-c2noc3c(O)c(C(=O)O)nc(C)c23)cc1. The lowest BCUT2D eigenvalue weighted by atomic mass is 10.1. The number of fused-ring (bicyclic) bond motifs is 1. The van der Waals surface area contributed by atoms with E-state index in [9.17, 15) is 9.90 Å². The van der Waals surface area contributed by atoms with Crippen molar-refractivity contribution in [2.24, 2.45) is 0 Å². The van der Waals surface area contributed by atoms with Crippen LogP contribution in [-0.2, 0) is 0 Å². The zero-order chi connectivity index (χ0) is 15.9. The van der Waals surface area contributed by atoms with Gasteiger partial charge in [-0.2, -0.15) is 0 Å². The Labute approximate surface area is 124 Å². The van der Waals surface area contributed by atoms with Gasteiger partial charge in [-0.1, -0.05) is 5.16 Å². The molecular weight excluding hydrogens is 288 g/mol. The molecule has 0 aliphatic heterocycles. The molecule has 112 valence electrons. The second-order valence-electron chi connectivity index (χ2n) is 4.66. The molecule has 1 aromatic carbocycles. The van der Waals surface area contributed by atoms with Gasteiger partial charge in [0, 0.05) is 5.56 Å². The molecule has 0 aliphatic rings. The molecule has 0 saturated heterocycles. The molecule has 0 aliphatic carbocycles. The normalized spacial score (nSPS) is 10.8. The Morgan fingerprint density at radius 2 is 1.95 bits per heavy atom. The second-order valence-corrected chi connectivity index (χ2v) is 4.66. The number of hydrogen-bond donors (Lipinski definition) is 2. The zero-order valence-corrected chi connectivity index (χ0v) is 11.8. The van der Waals surface area contributed by atoms with Gasteiger partial charge in [0.2, 0.25) is 5.58 Å². The van der Waals surface area contributed by atoms with Crippen LogP contribution >= 0.6 is 0 Å². The maximum atomic E-state index is 11.1. The Morgan fingerprint density at radius 3 is 2.55 bits per heavy atom. The van der Waals surface area contributed by atoms with Crippen LogP contribution in [0, 0.1) is 6.92 Å². The number of hydrogen-bond acceptors (Lipinski definition) is 6. The maximum absolute atomic E-state index is 11.1. The van der Waals surface area contributed by atoms with E-state index < -0.39 is 17.4 Å². The van der Waals surface area contributed by atoms with Crippen LogP contribution < -0.4 is 4.74 Å². The minimum absolute atomic E-state index is 0.00992. The summed E-state index contributed by atoms with van der Waals surface area (Å²) >= 11 is 0. The molecule has 0 radical (unpaired) electrons. The highest BCUT2D eigenvalue weighted by molar-refractivity contribution is 6.01. The summed E-state index contributed by atoms with van der Waals surface area (Å²) in [4.78, 5) is 15.0. The van der Waals surface area contributed by atoms with Gasteiger partial charge in [0.05, 0.1) is 18.2 Å². The Kier molecular flexibility index (Phi) is 3.17. The van der Waals surface area contributed by atoms with Crippen molar-refractivity contribution in [2.45, 2.75) is 6.92 Å². The van der Waals surface area contributed by atoms with Gasteiger partial charge in [-0.15, -0.1) is 0 Å². The number of aromatic carboxylic acids is 1. The topological polar surface area (TPSA) is 106 Å². The summed E-state index contributed by atoms with van der Waals surface area (Å²) < 4.78 is 10.2. The summed E-state index contributed by atoms with van der Waals surface area (Å²) in [5.41, 5.74) is 1.19. The molecule has 7 nitrogen and oxygen atoms in total. The predicted molar refractivity (Wildman–Crippen MR) is 77.2 cm³/mol. The average molecular weight is 300 g/mol. The molecule has 0 amide bonds. The molecule has 0 atom stereocenters. The van der Waals surface area contributed by atoms with Crippen LogP contribution in [0.4, 0.5) is 0 Å². The molecule has 2 N–H and O–H groups in total. The molecule has 2 heterocycles. The Hall–Kier alpha value is -3.09. The van der Waals surface area contributed by atoms with Crippen LogP contribution in [-0.4, -0.2) is 33.4 Å². The smallest absolute Gasteiger partial charge is 0.358 e. The zero-order valence-electron chi connectivity index (χ0n) is 11.8. The first-order chi connectivity index (χ1) is 10.5. The van der Waals surface area contributed by atoms with E-state index in [1.807, 2.05) is 0 Å². The Balaban J connectivity index is 2.24. The van der Waals surface area contributed by atoms with E-state index in [0.717, 1.165) is 5.56 Å². The van der Waals surface area contributed by atoms with Crippen LogP contribution in [0.5, 0.6) is 11.5 Å². The van der Waals surface area contributed by atoms with E-state index in [4.69, 9.17) is 14.4 Å². The molecule has 0 saturated carbocycles. The third-order valence-electron chi connectivity index (χ3n) is 3.34. The van der Waals surface area contributed by atoms with E-state index in [0.29, 0.717) is 22.5 Å². The van der Waals surface area contributed by atoms with Gasteiger partial charge in [0.15, 0.2) is 11.4 Å². The fraction of sp³-hybridized carbons (Fsp3) is 0.133. The number of aromatic hydroxyl groups is 1. The fourth-order valence-electron chi connectivity index (χ4n) is 2.27. The lowest BCUT2D eigenvalue weighted by Crippen LogP contribution is -2.02. The molecule has 0 spiro atoms. The van der Waals surface area contributed by atoms with Crippen LogP contribution in [0.15, 0.2) is 28.8 Å². The molecule has 0 unspecified atom stereocenters. The number of nitrogens with zero attached hydrogens (tertiary/aromatic N) is 2. The Morgan fingerprint density at radius 1 is 1.27 bits per heavy atom. The molecule has 7 heteroatoms. The quantitative estimate of drug-likeness (QED) is 0.765.